The first-order valence-corrected chi connectivity index (χ1v) is 8.71. The van der Waals surface area contributed by atoms with Gasteiger partial charge >= 0.3 is 0 Å². The topological polar surface area (TPSA) is 12.4 Å². The molecule has 116 valence electrons. The Morgan fingerprint density at radius 2 is 1.32 bits per heavy atom. The van der Waals surface area contributed by atoms with Gasteiger partial charge < -0.3 is 0 Å². The molecular formula is C24H15N. The van der Waals surface area contributed by atoms with Crippen LogP contribution in [0.2, 0.25) is 0 Å². The lowest BCUT2D eigenvalue weighted by Gasteiger charge is -2.04. The van der Waals surface area contributed by atoms with E-state index in [9.17, 15) is 0 Å². The average Bonchev–Trinajstić information content (AvgIpc) is 3.18. The Kier molecular flexibility index (Phi) is 2.46. The van der Waals surface area contributed by atoms with Gasteiger partial charge in [0.05, 0.1) is 11.4 Å². The van der Waals surface area contributed by atoms with Gasteiger partial charge in [-0.3, -0.25) is 4.99 Å². The summed E-state index contributed by atoms with van der Waals surface area (Å²) in [5.41, 5.74) is 7.48. The molecule has 0 fully saturated rings. The molecule has 4 aromatic rings. The van der Waals surface area contributed by atoms with Crippen molar-refractivity contribution in [3.63, 3.8) is 0 Å². The zero-order valence-corrected chi connectivity index (χ0v) is 13.7. The molecule has 1 nitrogen and oxygen atoms in total. The number of benzene rings is 4. The van der Waals surface area contributed by atoms with Crippen LogP contribution in [0.25, 0.3) is 33.3 Å². The molecule has 0 aromatic heterocycles. The molecule has 2 aliphatic carbocycles. The summed E-state index contributed by atoms with van der Waals surface area (Å²) >= 11 is 0. The molecule has 0 aliphatic heterocycles. The van der Waals surface area contributed by atoms with Gasteiger partial charge in [0, 0.05) is 17.5 Å². The molecule has 25 heavy (non-hydrogen) atoms. The first-order valence-electron chi connectivity index (χ1n) is 8.71. The second kappa shape index (κ2) is 4.67. The Balaban J connectivity index is 1.56. The van der Waals surface area contributed by atoms with E-state index in [1.165, 1.54) is 49.5 Å². The van der Waals surface area contributed by atoms with Crippen LogP contribution < -0.4 is 0 Å². The van der Waals surface area contributed by atoms with Gasteiger partial charge in [-0.25, -0.2) is 0 Å². The highest BCUT2D eigenvalue weighted by atomic mass is 14.8. The molecule has 0 amide bonds. The maximum atomic E-state index is 5.13. The van der Waals surface area contributed by atoms with Crippen LogP contribution in [0.4, 0.5) is 0 Å². The van der Waals surface area contributed by atoms with Gasteiger partial charge in [-0.2, -0.15) is 0 Å². The zero-order valence-electron chi connectivity index (χ0n) is 13.7. The van der Waals surface area contributed by atoms with Crippen molar-refractivity contribution in [2.24, 2.45) is 4.99 Å². The normalized spacial score (nSPS) is 16.2. The lowest BCUT2D eigenvalue weighted by Crippen LogP contribution is -1.98. The van der Waals surface area contributed by atoms with E-state index in [0.717, 1.165) is 12.1 Å². The average molecular weight is 317 g/mol. The molecule has 4 aromatic carbocycles. The van der Waals surface area contributed by atoms with Crippen molar-refractivity contribution in [1.29, 1.82) is 0 Å². The third-order valence-corrected chi connectivity index (χ3v) is 5.42. The van der Waals surface area contributed by atoms with Gasteiger partial charge in [-0.05, 0) is 38.7 Å². The Morgan fingerprint density at radius 1 is 0.640 bits per heavy atom. The molecule has 0 radical (unpaired) electrons. The van der Waals surface area contributed by atoms with Gasteiger partial charge in [0.25, 0.3) is 0 Å². The Hall–Kier alpha value is -3.19. The van der Waals surface area contributed by atoms with Gasteiger partial charge in [0.2, 0.25) is 0 Å². The van der Waals surface area contributed by atoms with Crippen LogP contribution >= 0.6 is 0 Å². The minimum atomic E-state index is 0.917. The van der Waals surface area contributed by atoms with Crippen LogP contribution in [0.1, 0.15) is 22.3 Å². The van der Waals surface area contributed by atoms with Gasteiger partial charge in [-0.1, -0.05) is 72.8 Å². The number of hydrogen-bond donors (Lipinski definition) is 0. The Morgan fingerprint density at radius 3 is 2.16 bits per heavy atom. The van der Waals surface area contributed by atoms with Crippen molar-refractivity contribution in [1.82, 2.24) is 0 Å². The van der Waals surface area contributed by atoms with Crippen molar-refractivity contribution < 1.29 is 0 Å². The van der Waals surface area contributed by atoms with Crippen LogP contribution in [-0.2, 0) is 6.42 Å². The third-order valence-electron chi connectivity index (χ3n) is 5.42. The summed E-state index contributed by atoms with van der Waals surface area (Å²) < 4.78 is 0. The molecule has 1 heteroatoms. The summed E-state index contributed by atoms with van der Waals surface area (Å²) in [4.78, 5) is 5.13. The number of nitrogens with zero attached hydrogens (tertiary/aromatic N) is 1. The van der Waals surface area contributed by atoms with Gasteiger partial charge in [0.1, 0.15) is 0 Å². The Labute approximate surface area is 146 Å². The minimum Gasteiger partial charge on any atom is -0.252 e. The lowest BCUT2D eigenvalue weighted by atomic mass is 10.0. The predicted molar refractivity (Wildman–Crippen MR) is 106 cm³/mol. The summed E-state index contributed by atoms with van der Waals surface area (Å²) in [7, 11) is 0. The predicted octanol–water partition coefficient (Wildman–Crippen LogP) is 5.85. The molecule has 2 aliphatic rings. The first-order chi connectivity index (χ1) is 12.4. The lowest BCUT2D eigenvalue weighted by molar-refractivity contribution is 1.39. The molecule has 0 saturated heterocycles. The monoisotopic (exact) mass is 317 g/mol. The first kappa shape index (κ1) is 13.1. The fourth-order valence-corrected chi connectivity index (χ4v) is 4.35. The fourth-order valence-electron chi connectivity index (χ4n) is 4.35. The van der Waals surface area contributed by atoms with E-state index in [1.807, 2.05) is 0 Å². The van der Waals surface area contributed by atoms with Crippen molar-refractivity contribution in [2.45, 2.75) is 6.42 Å². The smallest absolute Gasteiger partial charge is 0.0718 e. The Bertz CT molecular complexity index is 1250. The van der Waals surface area contributed by atoms with E-state index < -0.39 is 0 Å². The van der Waals surface area contributed by atoms with Crippen LogP contribution in [0.15, 0.2) is 77.8 Å². The molecule has 0 N–H and O–H groups in total. The number of hydrogen-bond acceptors (Lipinski definition) is 1. The molecule has 0 saturated carbocycles. The fraction of sp³-hybridized carbons (Fsp3) is 0.0417. The van der Waals surface area contributed by atoms with Crippen LogP contribution in [0.5, 0.6) is 0 Å². The highest BCUT2D eigenvalue weighted by Crippen LogP contribution is 2.39. The highest BCUT2D eigenvalue weighted by molar-refractivity contribution is 6.20. The second-order valence-electron chi connectivity index (χ2n) is 6.84. The minimum absolute atomic E-state index is 0.917. The zero-order chi connectivity index (χ0) is 16.4. The molecule has 0 heterocycles. The molecule has 0 atom stereocenters. The highest BCUT2D eigenvalue weighted by Gasteiger charge is 2.22. The van der Waals surface area contributed by atoms with Crippen LogP contribution in [0, 0.1) is 0 Å². The van der Waals surface area contributed by atoms with E-state index in [2.05, 4.69) is 78.9 Å². The second-order valence-corrected chi connectivity index (χ2v) is 6.84. The summed E-state index contributed by atoms with van der Waals surface area (Å²) in [6.45, 7) is 0. The van der Waals surface area contributed by atoms with Gasteiger partial charge in [-0.15, -0.1) is 0 Å². The quantitative estimate of drug-likeness (QED) is 0.417. The number of aliphatic imine (C=N–C) groups is 1. The summed E-state index contributed by atoms with van der Waals surface area (Å²) in [5, 5.41) is 5.31. The van der Waals surface area contributed by atoms with E-state index in [0.29, 0.717) is 0 Å². The molecular weight excluding hydrogens is 302 g/mol. The maximum absolute atomic E-state index is 5.13. The van der Waals surface area contributed by atoms with E-state index in [4.69, 9.17) is 4.99 Å². The van der Waals surface area contributed by atoms with Crippen LogP contribution in [0.3, 0.4) is 0 Å². The summed E-state index contributed by atoms with van der Waals surface area (Å²) in [5.74, 6) is 0. The summed E-state index contributed by atoms with van der Waals surface area (Å²) in [6, 6.07) is 26.1. The molecule has 0 bridgehead atoms. The molecule has 6 rings (SSSR count). The summed E-state index contributed by atoms with van der Waals surface area (Å²) in [6.07, 6.45) is 3.15. The maximum Gasteiger partial charge on any atom is 0.0718 e. The van der Waals surface area contributed by atoms with Crippen molar-refractivity contribution in [2.75, 3.05) is 0 Å². The van der Waals surface area contributed by atoms with E-state index in [-0.39, 0.29) is 0 Å². The van der Waals surface area contributed by atoms with E-state index in [1.54, 1.807) is 0 Å². The third kappa shape index (κ3) is 1.75. The largest absolute Gasteiger partial charge is 0.252 e. The van der Waals surface area contributed by atoms with Crippen molar-refractivity contribution in [3.05, 3.63) is 95.1 Å². The van der Waals surface area contributed by atoms with Gasteiger partial charge in [0.15, 0.2) is 0 Å². The van der Waals surface area contributed by atoms with Crippen LogP contribution in [-0.4, -0.2) is 5.71 Å². The molecule has 0 spiro atoms. The van der Waals surface area contributed by atoms with E-state index >= 15 is 0 Å². The standard InChI is InChI=1S/C24H15N/c1-5-15-7-3-11-19-21(13-17(9-1)23(15)19)25-22-14-18-10-2-6-16-8-4-12-20(22)24(16)18/h1-13H,14H2. The van der Waals surface area contributed by atoms with Crippen molar-refractivity contribution in [3.8, 4) is 0 Å². The SMILES string of the molecule is C1=C(N=C2Cc3cccc4cccc2c34)c2cccc3cccc1c23. The van der Waals surface area contributed by atoms with Crippen molar-refractivity contribution >= 4 is 39.0 Å². The molecule has 0 unspecified atom stereocenters. The number of rotatable bonds is 1.